The number of aromatic nitrogens is 1. The van der Waals surface area contributed by atoms with Crippen LogP contribution in [0.4, 0.5) is 0 Å². The first kappa shape index (κ1) is 8.79. The Hall–Kier alpha value is -1.30. The van der Waals surface area contributed by atoms with E-state index in [2.05, 4.69) is 11.2 Å². The molecule has 0 N–H and O–H groups in total. The molecule has 0 aliphatic rings. The zero-order chi connectivity index (χ0) is 9.14. The highest BCUT2D eigenvalue weighted by Gasteiger charge is 2.17. The topological polar surface area (TPSA) is 49.8 Å². The number of rotatable bonds is 2. The van der Waals surface area contributed by atoms with Crippen LogP contribution in [0.2, 0.25) is 0 Å². The summed E-state index contributed by atoms with van der Waals surface area (Å²) in [6, 6.07) is 2.24. The number of nitriles is 1. The van der Waals surface area contributed by atoms with E-state index in [0.29, 0.717) is 0 Å². The zero-order valence-electron chi connectivity index (χ0n) is 7.59. The van der Waals surface area contributed by atoms with Gasteiger partial charge in [0.05, 0.1) is 17.7 Å². The lowest BCUT2D eigenvalue weighted by Gasteiger charge is -2.03. The Kier molecular flexibility index (Phi) is 2.49. The standard InChI is InChI=1S/C9H12N2O/c1-4-8(5-10)9-6(2)11-12-7(9)3/h8H,4H2,1-3H3. The Morgan fingerprint density at radius 1 is 1.58 bits per heavy atom. The third-order valence-electron chi connectivity index (χ3n) is 2.00. The molecule has 1 unspecified atom stereocenters. The van der Waals surface area contributed by atoms with Crippen LogP contribution in [0.3, 0.4) is 0 Å². The molecule has 3 heteroatoms. The van der Waals surface area contributed by atoms with Gasteiger partial charge >= 0.3 is 0 Å². The van der Waals surface area contributed by atoms with Crippen LogP contribution >= 0.6 is 0 Å². The first-order valence-corrected chi connectivity index (χ1v) is 4.03. The van der Waals surface area contributed by atoms with Gasteiger partial charge < -0.3 is 4.52 Å². The van der Waals surface area contributed by atoms with Crippen LogP contribution in [0.5, 0.6) is 0 Å². The summed E-state index contributed by atoms with van der Waals surface area (Å²) < 4.78 is 4.98. The molecular formula is C9H12N2O. The van der Waals surface area contributed by atoms with Crippen molar-refractivity contribution in [3.63, 3.8) is 0 Å². The van der Waals surface area contributed by atoms with E-state index in [0.717, 1.165) is 23.4 Å². The SMILES string of the molecule is CCC(C#N)c1c(C)noc1C. The molecule has 0 aromatic carbocycles. The van der Waals surface area contributed by atoms with E-state index in [1.165, 1.54) is 0 Å². The molecule has 64 valence electrons. The summed E-state index contributed by atoms with van der Waals surface area (Å²) >= 11 is 0. The number of aryl methyl sites for hydroxylation is 2. The van der Waals surface area contributed by atoms with Crippen LogP contribution in [0.15, 0.2) is 4.52 Å². The first-order valence-electron chi connectivity index (χ1n) is 4.03. The third-order valence-corrected chi connectivity index (χ3v) is 2.00. The van der Waals surface area contributed by atoms with Crippen LogP contribution in [0, 0.1) is 25.2 Å². The van der Waals surface area contributed by atoms with Crippen LogP contribution in [-0.2, 0) is 0 Å². The summed E-state index contributed by atoms with van der Waals surface area (Å²) in [5.41, 5.74) is 1.79. The van der Waals surface area contributed by atoms with E-state index < -0.39 is 0 Å². The van der Waals surface area contributed by atoms with Crippen molar-refractivity contribution in [2.75, 3.05) is 0 Å². The fraction of sp³-hybridized carbons (Fsp3) is 0.556. The average Bonchev–Trinajstić information content (AvgIpc) is 2.38. The van der Waals surface area contributed by atoms with Gasteiger partial charge in [0.15, 0.2) is 0 Å². The Labute approximate surface area is 72.0 Å². The van der Waals surface area contributed by atoms with Crippen molar-refractivity contribution in [2.24, 2.45) is 0 Å². The van der Waals surface area contributed by atoms with Gasteiger partial charge in [0.25, 0.3) is 0 Å². The quantitative estimate of drug-likeness (QED) is 0.673. The highest BCUT2D eigenvalue weighted by atomic mass is 16.5. The molecule has 0 bridgehead atoms. The molecule has 1 heterocycles. The van der Waals surface area contributed by atoms with E-state index in [-0.39, 0.29) is 5.92 Å². The molecule has 0 aliphatic heterocycles. The van der Waals surface area contributed by atoms with Crippen LogP contribution in [0.25, 0.3) is 0 Å². The van der Waals surface area contributed by atoms with Gasteiger partial charge in [0, 0.05) is 5.56 Å². The molecular weight excluding hydrogens is 152 g/mol. The zero-order valence-corrected chi connectivity index (χ0v) is 7.59. The first-order chi connectivity index (χ1) is 5.70. The third kappa shape index (κ3) is 1.33. The fourth-order valence-corrected chi connectivity index (χ4v) is 1.35. The predicted octanol–water partition coefficient (Wildman–Crippen LogP) is 2.31. The normalized spacial score (nSPS) is 12.5. The molecule has 0 aliphatic carbocycles. The molecule has 0 fully saturated rings. The second kappa shape index (κ2) is 3.40. The Morgan fingerprint density at radius 2 is 2.25 bits per heavy atom. The lowest BCUT2D eigenvalue weighted by Crippen LogP contribution is -1.96. The molecule has 1 aromatic heterocycles. The van der Waals surface area contributed by atoms with E-state index >= 15 is 0 Å². The van der Waals surface area contributed by atoms with Gasteiger partial charge in [-0.1, -0.05) is 12.1 Å². The van der Waals surface area contributed by atoms with E-state index in [1.54, 1.807) is 0 Å². The Morgan fingerprint density at radius 3 is 2.58 bits per heavy atom. The molecule has 1 aromatic rings. The van der Waals surface area contributed by atoms with Crippen molar-refractivity contribution in [1.29, 1.82) is 5.26 Å². The molecule has 0 amide bonds. The predicted molar refractivity (Wildman–Crippen MR) is 44.6 cm³/mol. The molecule has 1 atom stereocenters. The van der Waals surface area contributed by atoms with Crippen molar-refractivity contribution in [3.05, 3.63) is 17.0 Å². The van der Waals surface area contributed by atoms with Crippen molar-refractivity contribution in [1.82, 2.24) is 5.16 Å². The lowest BCUT2D eigenvalue weighted by molar-refractivity contribution is 0.392. The highest BCUT2D eigenvalue weighted by molar-refractivity contribution is 5.29. The summed E-state index contributed by atoms with van der Waals surface area (Å²) in [4.78, 5) is 0. The molecule has 3 nitrogen and oxygen atoms in total. The largest absolute Gasteiger partial charge is 0.361 e. The van der Waals surface area contributed by atoms with Gasteiger partial charge in [-0.05, 0) is 20.3 Å². The number of nitrogens with zero attached hydrogens (tertiary/aromatic N) is 2. The maximum Gasteiger partial charge on any atom is 0.138 e. The monoisotopic (exact) mass is 164 g/mol. The van der Waals surface area contributed by atoms with Crippen molar-refractivity contribution < 1.29 is 4.52 Å². The summed E-state index contributed by atoms with van der Waals surface area (Å²) in [6.07, 6.45) is 0.805. The van der Waals surface area contributed by atoms with E-state index in [1.807, 2.05) is 20.8 Å². The van der Waals surface area contributed by atoms with Crippen molar-refractivity contribution in [3.8, 4) is 6.07 Å². The second-order valence-electron chi connectivity index (χ2n) is 2.83. The number of hydrogen-bond acceptors (Lipinski definition) is 3. The van der Waals surface area contributed by atoms with Gasteiger partial charge in [-0.2, -0.15) is 5.26 Å². The van der Waals surface area contributed by atoms with Gasteiger partial charge in [-0.15, -0.1) is 0 Å². The highest BCUT2D eigenvalue weighted by Crippen LogP contribution is 2.24. The average molecular weight is 164 g/mol. The Balaban J connectivity index is 3.08. The van der Waals surface area contributed by atoms with Gasteiger partial charge in [-0.3, -0.25) is 0 Å². The minimum Gasteiger partial charge on any atom is -0.361 e. The van der Waals surface area contributed by atoms with E-state index in [9.17, 15) is 0 Å². The second-order valence-corrected chi connectivity index (χ2v) is 2.83. The van der Waals surface area contributed by atoms with Crippen molar-refractivity contribution in [2.45, 2.75) is 33.1 Å². The van der Waals surface area contributed by atoms with E-state index in [4.69, 9.17) is 9.78 Å². The minimum atomic E-state index is -0.0729. The minimum absolute atomic E-state index is 0.0729. The van der Waals surface area contributed by atoms with Crippen LogP contribution in [-0.4, -0.2) is 5.16 Å². The molecule has 1 rings (SSSR count). The van der Waals surface area contributed by atoms with Crippen LogP contribution < -0.4 is 0 Å². The molecule has 0 saturated carbocycles. The molecule has 12 heavy (non-hydrogen) atoms. The van der Waals surface area contributed by atoms with Crippen LogP contribution in [0.1, 0.15) is 36.3 Å². The molecule has 0 saturated heterocycles. The van der Waals surface area contributed by atoms with Gasteiger partial charge in [0.2, 0.25) is 0 Å². The maximum atomic E-state index is 8.83. The smallest absolute Gasteiger partial charge is 0.138 e. The lowest BCUT2D eigenvalue weighted by atomic mass is 9.97. The molecule has 0 spiro atoms. The maximum absolute atomic E-state index is 8.83. The van der Waals surface area contributed by atoms with Gasteiger partial charge in [-0.25, -0.2) is 0 Å². The molecule has 0 radical (unpaired) electrons. The summed E-state index contributed by atoms with van der Waals surface area (Å²) in [6.45, 7) is 5.70. The number of hydrogen-bond donors (Lipinski definition) is 0. The fourth-order valence-electron chi connectivity index (χ4n) is 1.35. The Bertz CT molecular complexity index is 289. The van der Waals surface area contributed by atoms with Crippen molar-refractivity contribution >= 4 is 0 Å². The summed E-state index contributed by atoms with van der Waals surface area (Å²) in [5, 5.41) is 12.6. The summed E-state index contributed by atoms with van der Waals surface area (Å²) in [5.74, 6) is 0.692. The summed E-state index contributed by atoms with van der Waals surface area (Å²) in [7, 11) is 0. The van der Waals surface area contributed by atoms with Gasteiger partial charge in [0.1, 0.15) is 5.76 Å².